The Bertz CT molecular complexity index is 370. The zero-order chi connectivity index (χ0) is 19.6. The molecule has 0 aliphatic rings. The van der Waals surface area contributed by atoms with E-state index in [1.165, 1.54) is 0 Å². The molecular weight excluding hydrogens is 385 g/mol. The number of hydrogen-bond acceptors (Lipinski definition) is 4. The van der Waals surface area contributed by atoms with E-state index in [0.29, 0.717) is 5.16 Å². The van der Waals surface area contributed by atoms with Crippen molar-refractivity contribution in [3.63, 3.8) is 0 Å². The molecule has 0 spiro atoms. The first-order valence-electron chi connectivity index (χ1n) is 8.88. The van der Waals surface area contributed by atoms with Crippen molar-refractivity contribution in [1.82, 2.24) is 0 Å². The van der Waals surface area contributed by atoms with Crippen LogP contribution in [0, 0.1) is 0 Å². The first kappa shape index (κ1) is 24.9. The van der Waals surface area contributed by atoms with Gasteiger partial charge >= 0.3 is 8.56 Å². The standard InChI is InChI=1S/C15H42O4Si5/c1-16-22(9,10)15(23(11,12)17-2)14-24(13,18-20(3,4)5)19-21(6,7)8/h15H,14H2,1-13H3. The van der Waals surface area contributed by atoms with Crippen LogP contribution in [-0.4, -0.2) is 56.1 Å². The summed E-state index contributed by atoms with van der Waals surface area (Å²) < 4.78 is 25.5. The zero-order valence-electron chi connectivity index (χ0n) is 18.4. The molecule has 0 atom stereocenters. The van der Waals surface area contributed by atoms with E-state index in [1.54, 1.807) is 0 Å². The van der Waals surface area contributed by atoms with E-state index in [0.717, 1.165) is 6.04 Å². The topological polar surface area (TPSA) is 36.9 Å². The minimum Gasteiger partial charge on any atom is -0.437 e. The monoisotopic (exact) mass is 426 g/mol. The fraction of sp³-hybridized carbons (Fsp3) is 1.00. The SMILES string of the molecule is CO[Si](C)(C)C(C[Si](C)(O[Si](C)(C)C)O[Si](C)(C)C)[Si](C)(C)OC. The third kappa shape index (κ3) is 8.54. The van der Waals surface area contributed by atoms with Gasteiger partial charge in [0.25, 0.3) is 0 Å². The summed E-state index contributed by atoms with van der Waals surface area (Å²) in [7, 11) is -5.73. The minimum atomic E-state index is -2.30. The first-order chi connectivity index (χ1) is 10.4. The van der Waals surface area contributed by atoms with Crippen LogP contribution in [0.25, 0.3) is 0 Å². The molecule has 24 heavy (non-hydrogen) atoms. The van der Waals surface area contributed by atoms with Crippen LogP contribution in [0.15, 0.2) is 0 Å². The van der Waals surface area contributed by atoms with Gasteiger partial charge in [0.2, 0.25) is 0 Å². The van der Waals surface area contributed by atoms with Gasteiger partial charge < -0.3 is 17.1 Å². The molecular formula is C15H42O4Si5. The Balaban J connectivity index is 5.84. The van der Waals surface area contributed by atoms with Gasteiger partial charge in [-0.3, -0.25) is 0 Å². The number of rotatable bonds is 10. The van der Waals surface area contributed by atoms with Crippen molar-refractivity contribution in [2.45, 2.75) is 83.2 Å². The Morgan fingerprint density at radius 3 is 1.08 bits per heavy atom. The fourth-order valence-electron chi connectivity index (χ4n) is 3.38. The van der Waals surface area contributed by atoms with E-state index in [4.69, 9.17) is 17.1 Å². The Labute approximate surface area is 156 Å². The van der Waals surface area contributed by atoms with Crippen molar-refractivity contribution in [3.8, 4) is 0 Å². The van der Waals surface area contributed by atoms with E-state index in [1.807, 2.05) is 14.2 Å². The summed E-state index contributed by atoms with van der Waals surface area (Å²) in [5.74, 6) is 0. The van der Waals surface area contributed by atoms with Crippen LogP contribution in [-0.2, 0) is 17.1 Å². The lowest BCUT2D eigenvalue weighted by Gasteiger charge is -2.46. The van der Waals surface area contributed by atoms with Crippen LogP contribution in [0.3, 0.4) is 0 Å². The molecule has 0 aliphatic carbocycles. The first-order valence-corrected chi connectivity index (χ1v) is 24.2. The van der Waals surface area contributed by atoms with Gasteiger partial charge in [-0.1, -0.05) is 0 Å². The maximum atomic E-state index is 6.73. The van der Waals surface area contributed by atoms with Crippen LogP contribution >= 0.6 is 0 Å². The second-order valence-corrected chi connectivity index (χ2v) is 31.9. The molecule has 0 saturated carbocycles. The second-order valence-electron chi connectivity index (χ2n) is 9.93. The minimum absolute atomic E-state index is 0.448. The van der Waals surface area contributed by atoms with Gasteiger partial charge in [0.05, 0.1) is 0 Å². The summed E-state index contributed by atoms with van der Waals surface area (Å²) in [5, 5.41) is 0.448. The average Bonchev–Trinajstić information content (AvgIpc) is 2.31. The van der Waals surface area contributed by atoms with Crippen LogP contribution in [0.4, 0.5) is 0 Å². The van der Waals surface area contributed by atoms with Crippen LogP contribution in [0.5, 0.6) is 0 Å². The van der Waals surface area contributed by atoms with Gasteiger partial charge in [0.15, 0.2) is 33.3 Å². The van der Waals surface area contributed by atoms with E-state index < -0.39 is 41.8 Å². The second kappa shape index (κ2) is 8.30. The Morgan fingerprint density at radius 2 is 0.875 bits per heavy atom. The molecule has 9 heteroatoms. The van der Waals surface area contributed by atoms with E-state index in [9.17, 15) is 0 Å². The summed E-state index contributed by atoms with van der Waals surface area (Å²) in [4.78, 5) is 0. The molecule has 0 heterocycles. The van der Waals surface area contributed by atoms with Gasteiger partial charge in [0.1, 0.15) is 0 Å². The smallest absolute Gasteiger partial charge is 0.314 e. The van der Waals surface area contributed by atoms with Gasteiger partial charge in [-0.05, 0) is 83.2 Å². The Hall–Kier alpha value is 0.924. The summed E-state index contributed by atoms with van der Waals surface area (Å²) in [6.45, 7) is 25.1. The molecule has 0 unspecified atom stereocenters. The normalized spacial score (nSPS) is 15.2. The highest BCUT2D eigenvalue weighted by molar-refractivity contribution is 6.95. The quantitative estimate of drug-likeness (QED) is 0.440. The lowest BCUT2D eigenvalue weighted by Crippen LogP contribution is -2.58. The van der Waals surface area contributed by atoms with Crippen LogP contribution in [0.2, 0.25) is 83.2 Å². The lowest BCUT2D eigenvalue weighted by atomic mass is 10.9. The fourth-order valence-corrected chi connectivity index (χ4v) is 29.8. The maximum absolute atomic E-state index is 6.73. The van der Waals surface area contributed by atoms with Crippen molar-refractivity contribution >= 4 is 41.8 Å². The van der Waals surface area contributed by atoms with Crippen molar-refractivity contribution in [1.29, 1.82) is 0 Å². The van der Waals surface area contributed by atoms with Crippen molar-refractivity contribution < 1.29 is 17.1 Å². The van der Waals surface area contributed by atoms with Gasteiger partial charge in [0, 0.05) is 14.2 Å². The largest absolute Gasteiger partial charge is 0.437 e. The highest BCUT2D eigenvalue weighted by atomic mass is 28.5. The summed E-state index contributed by atoms with van der Waals surface area (Å²) >= 11 is 0. The maximum Gasteiger partial charge on any atom is 0.314 e. The third-order valence-electron chi connectivity index (χ3n) is 4.35. The Morgan fingerprint density at radius 1 is 0.583 bits per heavy atom. The summed E-state index contributed by atoms with van der Waals surface area (Å²) in [6, 6.07) is 0.988. The molecule has 0 aliphatic heterocycles. The third-order valence-corrected chi connectivity index (χ3v) is 24.7. The average molecular weight is 427 g/mol. The van der Waals surface area contributed by atoms with Gasteiger partial charge in [-0.2, -0.15) is 0 Å². The number of hydrogen-bond donors (Lipinski definition) is 0. The molecule has 0 aromatic rings. The van der Waals surface area contributed by atoms with Crippen LogP contribution < -0.4 is 0 Å². The molecule has 146 valence electrons. The van der Waals surface area contributed by atoms with E-state index >= 15 is 0 Å². The molecule has 0 aromatic carbocycles. The van der Waals surface area contributed by atoms with Crippen molar-refractivity contribution in [2.75, 3.05) is 14.2 Å². The van der Waals surface area contributed by atoms with Crippen LogP contribution in [0.1, 0.15) is 0 Å². The molecule has 0 radical (unpaired) electrons. The molecule has 0 aromatic heterocycles. The molecule has 0 N–H and O–H groups in total. The predicted octanol–water partition coefficient (Wildman–Crippen LogP) is 5.37. The summed E-state index contributed by atoms with van der Waals surface area (Å²) in [6.07, 6.45) is 0. The molecule has 0 rings (SSSR count). The molecule has 4 nitrogen and oxygen atoms in total. The highest BCUT2D eigenvalue weighted by Gasteiger charge is 2.52. The molecule has 0 amide bonds. The summed E-state index contributed by atoms with van der Waals surface area (Å²) in [5.41, 5.74) is 0. The van der Waals surface area contributed by atoms with Crippen molar-refractivity contribution in [2.24, 2.45) is 0 Å². The van der Waals surface area contributed by atoms with Gasteiger partial charge in [-0.15, -0.1) is 0 Å². The Kier molecular flexibility index (Phi) is 8.62. The predicted molar refractivity (Wildman–Crippen MR) is 118 cm³/mol. The van der Waals surface area contributed by atoms with Crippen molar-refractivity contribution in [3.05, 3.63) is 0 Å². The van der Waals surface area contributed by atoms with E-state index in [-0.39, 0.29) is 0 Å². The lowest BCUT2D eigenvalue weighted by molar-refractivity contribution is 0.356. The molecule has 0 fully saturated rings. The van der Waals surface area contributed by atoms with Gasteiger partial charge in [-0.25, -0.2) is 0 Å². The van der Waals surface area contributed by atoms with E-state index in [2.05, 4.69) is 72.0 Å². The zero-order valence-corrected chi connectivity index (χ0v) is 23.4. The molecule has 0 saturated heterocycles. The highest BCUT2D eigenvalue weighted by Crippen LogP contribution is 2.41. The molecule has 0 bridgehead atoms.